The Kier molecular flexibility index (Phi) is 6.02. The molecule has 2 N–H and O–H groups in total. The van der Waals surface area contributed by atoms with Crippen molar-refractivity contribution < 1.29 is 32.0 Å². The van der Waals surface area contributed by atoms with E-state index in [9.17, 15) is 22.8 Å². The number of furan rings is 1. The summed E-state index contributed by atoms with van der Waals surface area (Å²) in [5.41, 5.74) is -0.551. The maximum absolute atomic E-state index is 13.1. The Morgan fingerprint density at radius 3 is 2.47 bits per heavy atom. The number of benzene rings is 2. The second-order valence-corrected chi connectivity index (χ2v) is 10.6. The number of amides is 4. The number of sulfonamides is 1. The lowest BCUT2D eigenvalue weighted by molar-refractivity contribution is -0.134. The van der Waals surface area contributed by atoms with E-state index in [-0.39, 0.29) is 23.7 Å². The first-order valence-corrected chi connectivity index (χ1v) is 12.7. The molecule has 0 bridgehead atoms. The summed E-state index contributed by atoms with van der Waals surface area (Å²) in [6.07, 6.45) is 0. The van der Waals surface area contributed by atoms with Gasteiger partial charge in [-0.1, -0.05) is 18.2 Å². The normalized spacial score (nSPS) is 21.1. The van der Waals surface area contributed by atoms with Gasteiger partial charge >= 0.3 is 6.03 Å². The van der Waals surface area contributed by atoms with Crippen LogP contribution in [0.1, 0.15) is 12.7 Å². The van der Waals surface area contributed by atoms with Gasteiger partial charge in [0.15, 0.2) is 5.54 Å². The van der Waals surface area contributed by atoms with E-state index in [4.69, 9.17) is 9.15 Å². The van der Waals surface area contributed by atoms with Crippen LogP contribution >= 0.6 is 0 Å². The second-order valence-electron chi connectivity index (χ2n) is 8.68. The van der Waals surface area contributed by atoms with Gasteiger partial charge in [0.2, 0.25) is 15.9 Å². The predicted molar refractivity (Wildman–Crippen MR) is 128 cm³/mol. The highest BCUT2D eigenvalue weighted by Gasteiger charge is 2.51. The molecule has 0 spiro atoms. The average Bonchev–Trinajstić information content (AvgIpc) is 3.41. The number of carbonyl (C=O) groups excluding carboxylic acids is 3. The van der Waals surface area contributed by atoms with E-state index >= 15 is 0 Å². The molecule has 3 aromatic rings. The fourth-order valence-corrected chi connectivity index (χ4v) is 5.63. The number of carbonyl (C=O) groups is 3. The fraction of sp³-hybridized carbons (Fsp3) is 0.292. The number of rotatable bonds is 6. The Morgan fingerprint density at radius 1 is 1.08 bits per heavy atom. The van der Waals surface area contributed by atoms with E-state index < -0.39 is 40.0 Å². The average molecular weight is 513 g/mol. The molecule has 4 amide bonds. The Balaban J connectivity index is 1.26. The molecule has 2 aromatic carbocycles. The SMILES string of the molecule is CC1(c2cc3ccccc3o2)NC(=O)N(CC(=O)Nc2ccc(S(=O)(=O)N3CCOCC3)cc2)C1=O. The monoisotopic (exact) mass is 512 g/mol. The summed E-state index contributed by atoms with van der Waals surface area (Å²) in [7, 11) is -3.66. The van der Waals surface area contributed by atoms with E-state index in [1.54, 1.807) is 18.2 Å². The van der Waals surface area contributed by atoms with Gasteiger partial charge in [0.05, 0.1) is 18.1 Å². The lowest BCUT2D eigenvalue weighted by Crippen LogP contribution is -2.41. The molecule has 36 heavy (non-hydrogen) atoms. The first-order valence-electron chi connectivity index (χ1n) is 11.3. The number of hydrogen-bond acceptors (Lipinski definition) is 7. The maximum atomic E-state index is 13.1. The minimum Gasteiger partial charge on any atom is -0.458 e. The van der Waals surface area contributed by atoms with E-state index in [1.165, 1.54) is 35.5 Å². The van der Waals surface area contributed by atoms with Gasteiger partial charge in [0.1, 0.15) is 17.9 Å². The number of para-hydroxylation sites is 1. The van der Waals surface area contributed by atoms with Gasteiger partial charge in [-0.05, 0) is 43.3 Å². The fourth-order valence-electron chi connectivity index (χ4n) is 4.23. The van der Waals surface area contributed by atoms with Gasteiger partial charge in [-0.25, -0.2) is 13.2 Å². The van der Waals surface area contributed by atoms with Gasteiger partial charge in [-0.3, -0.25) is 14.5 Å². The summed E-state index contributed by atoms with van der Waals surface area (Å²) < 4.78 is 37.8. The molecule has 2 saturated heterocycles. The minimum atomic E-state index is -3.66. The zero-order valence-corrected chi connectivity index (χ0v) is 20.2. The summed E-state index contributed by atoms with van der Waals surface area (Å²) in [5.74, 6) is -0.966. The quantitative estimate of drug-likeness (QED) is 0.481. The van der Waals surface area contributed by atoms with Crippen LogP contribution in [0, 0.1) is 0 Å². The molecule has 0 saturated carbocycles. The lowest BCUT2D eigenvalue weighted by Gasteiger charge is -2.26. The van der Waals surface area contributed by atoms with E-state index in [0.717, 1.165) is 10.3 Å². The molecule has 1 unspecified atom stereocenters. The Labute approximate surface area is 207 Å². The van der Waals surface area contributed by atoms with Crippen molar-refractivity contribution in [2.45, 2.75) is 17.4 Å². The number of hydrogen-bond donors (Lipinski definition) is 2. The summed E-state index contributed by atoms with van der Waals surface area (Å²) in [4.78, 5) is 39.2. The van der Waals surface area contributed by atoms with Crippen molar-refractivity contribution in [2.75, 3.05) is 38.2 Å². The largest absolute Gasteiger partial charge is 0.458 e. The van der Waals surface area contributed by atoms with Crippen molar-refractivity contribution >= 4 is 44.5 Å². The van der Waals surface area contributed by atoms with Gasteiger partial charge in [0, 0.05) is 24.2 Å². The molecule has 1 aromatic heterocycles. The van der Waals surface area contributed by atoms with Crippen molar-refractivity contribution in [1.29, 1.82) is 0 Å². The lowest BCUT2D eigenvalue weighted by atomic mass is 9.99. The van der Waals surface area contributed by atoms with Crippen molar-refractivity contribution in [3.63, 3.8) is 0 Å². The molecule has 5 rings (SSSR count). The topological polar surface area (TPSA) is 138 Å². The van der Waals surface area contributed by atoms with Crippen LogP contribution < -0.4 is 10.6 Å². The molecule has 3 heterocycles. The highest BCUT2D eigenvalue weighted by Crippen LogP contribution is 2.33. The summed E-state index contributed by atoms with van der Waals surface area (Å²) in [6.45, 7) is 2.24. The number of nitrogens with zero attached hydrogens (tertiary/aromatic N) is 2. The molecular weight excluding hydrogens is 488 g/mol. The van der Waals surface area contributed by atoms with Crippen molar-refractivity contribution in [3.05, 3.63) is 60.4 Å². The number of nitrogens with one attached hydrogen (secondary N) is 2. The van der Waals surface area contributed by atoms with Crippen LogP contribution in [0.5, 0.6) is 0 Å². The van der Waals surface area contributed by atoms with Gasteiger partial charge in [-0.15, -0.1) is 0 Å². The van der Waals surface area contributed by atoms with Crippen LogP contribution in [-0.4, -0.2) is 68.3 Å². The molecule has 2 fully saturated rings. The third-order valence-electron chi connectivity index (χ3n) is 6.24. The number of fused-ring (bicyclic) bond motifs is 1. The molecule has 188 valence electrons. The van der Waals surface area contributed by atoms with Gasteiger partial charge < -0.3 is 19.8 Å². The van der Waals surface area contributed by atoms with Gasteiger partial charge in [0.25, 0.3) is 5.91 Å². The molecule has 0 aliphatic carbocycles. The molecule has 2 aliphatic rings. The predicted octanol–water partition coefficient (Wildman–Crippen LogP) is 1.86. The number of anilines is 1. The second kappa shape index (κ2) is 9.04. The van der Waals surface area contributed by atoms with Crippen LogP contribution in [-0.2, 0) is 29.9 Å². The molecule has 11 nitrogen and oxygen atoms in total. The standard InChI is InChI=1S/C24H24N4O7S/c1-24(20-14-16-4-2-3-5-19(16)35-20)22(30)28(23(31)26-24)15-21(29)25-17-6-8-18(9-7-17)36(32,33)27-10-12-34-13-11-27/h2-9,14H,10-13,15H2,1H3,(H,25,29)(H,26,31). The molecule has 2 aliphatic heterocycles. The number of urea groups is 1. The van der Waals surface area contributed by atoms with Crippen molar-refractivity contribution in [1.82, 2.24) is 14.5 Å². The number of morpholine rings is 1. The van der Waals surface area contributed by atoms with Gasteiger partial charge in [-0.2, -0.15) is 4.31 Å². The third kappa shape index (κ3) is 4.23. The number of imide groups is 1. The van der Waals surface area contributed by atoms with E-state index in [2.05, 4.69) is 10.6 Å². The number of ether oxygens (including phenoxy) is 1. The van der Waals surface area contributed by atoms with Crippen LogP contribution in [0.3, 0.4) is 0 Å². The van der Waals surface area contributed by atoms with Crippen molar-refractivity contribution in [2.24, 2.45) is 0 Å². The Hall–Kier alpha value is -3.74. The van der Waals surface area contributed by atoms with Crippen LogP contribution in [0.2, 0.25) is 0 Å². The first kappa shape index (κ1) is 24.0. The smallest absolute Gasteiger partial charge is 0.325 e. The van der Waals surface area contributed by atoms with E-state index in [0.29, 0.717) is 24.5 Å². The summed E-state index contributed by atoms with van der Waals surface area (Å²) in [5, 5.41) is 5.99. The summed E-state index contributed by atoms with van der Waals surface area (Å²) >= 11 is 0. The maximum Gasteiger partial charge on any atom is 0.325 e. The third-order valence-corrected chi connectivity index (χ3v) is 8.15. The van der Waals surface area contributed by atoms with Crippen molar-refractivity contribution in [3.8, 4) is 0 Å². The molecule has 1 atom stereocenters. The Bertz CT molecular complexity index is 1410. The molecule has 12 heteroatoms. The highest BCUT2D eigenvalue weighted by molar-refractivity contribution is 7.89. The molecule has 0 radical (unpaired) electrons. The van der Waals surface area contributed by atoms with Crippen LogP contribution in [0.25, 0.3) is 11.0 Å². The zero-order valence-electron chi connectivity index (χ0n) is 19.4. The van der Waals surface area contributed by atoms with Crippen LogP contribution in [0.15, 0.2) is 63.9 Å². The molecular formula is C24H24N4O7S. The van der Waals surface area contributed by atoms with E-state index in [1.807, 2.05) is 12.1 Å². The Morgan fingerprint density at radius 2 is 1.78 bits per heavy atom. The highest BCUT2D eigenvalue weighted by atomic mass is 32.2. The van der Waals surface area contributed by atoms with Crippen LogP contribution in [0.4, 0.5) is 10.5 Å². The first-order chi connectivity index (χ1) is 17.2. The minimum absolute atomic E-state index is 0.0955. The zero-order chi connectivity index (χ0) is 25.5. The summed E-state index contributed by atoms with van der Waals surface area (Å²) in [6, 6.07) is 13.9.